The lowest BCUT2D eigenvalue weighted by molar-refractivity contribution is 0.0396. The van der Waals surface area contributed by atoms with E-state index < -0.39 is 0 Å². The normalized spacial score (nSPS) is 17.1. The number of urea groups is 1. The van der Waals surface area contributed by atoms with Crippen molar-refractivity contribution in [2.24, 2.45) is 0 Å². The monoisotopic (exact) mass is 292 g/mol. The van der Waals surface area contributed by atoms with E-state index in [1.807, 2.05) is 0 Å². The number of carbonyl (C=O) groups is 1. The summed E-state index contributed by atoms with van der Waals surface area (Å²) in [6, 6.07) is 8.23. The van der Waals surface area contributed by atoms with Crippen molar-refractivity contribution in [3.05, 3.63) is 35.4 Å². The maximum Gasteiger partial charge on any atom is 0.314 e. The van der Waals surface area contributed by atoms with E-state index in [1.54, 1.807) is 0 Å². The van der Waals surface area contributed by atoms with Crippen LogP contribution in [0.2, 0.25) is 0 Å². The topological polar surface area (TPSA) is 70.6 Å². The molecule has 1 unspecified atom stereocenters. The van der Waals surface area contributed by atoms with Gasteiger partial charge in [-0.3, -0.25) is 0 Å². The van der Waals surface area contributed by atoms with Crippen LogP contribution in [-0.2, 0) is 11.2 Å². The average Bonchev–Trinajstić information content (AvgIpc) is 2.52. The van der Waals surface area contributed by atoms with Gasteiger partial charge in [-0.25, -0.2) is 4.79 Å². The molecule has 0 saturated carbocycles. The second-order valence-corrected chi connectivity index (χ2v) is 5.21. The molecule has 1 aliphatic rings. The predicted molar refractivity (Wildman–Crippen MR) is 81.2 cm³/mol. The average molecular weight is 292 g/mol. The van der Waals surface area contributed by atoms with Crippen LogP contribution >= 0.6 is 0 Å². The zero-order valence-electron chi connectivity index (χ0n) is 12.3. The fraction of sp³-hybridized carbons (Fsp3) is 0.562. The fourth-order valence-corrected chi connectivity index (χ4v) is 2.61. The number of amides is 2. The van der Waals surface area contributed by atoms with Gasteiger partial charge in [0.15, 0.2) is 0 Å². The lowest BCUT2D eigenvalue weighted by atomic mass is 9.89. The molecule has 0 aliphatic heterocycles. The molecule has 1 atom stereocenters. The summed E-state index contributed by atoms with van der Waals surface area (Å²) in [4.78, 5) is 11.3. The SMILES string of the molecule is O=C(NCCO)NCCCOC1CCCc2ccccc21. The molecular formula is C16H24N2O3. The minimum Gasteiger partial charge on any atom is -0.395 e. The number of rotatable bonds is 7. The van der Waals surface area contributed by atoms with Crippen LogP contribution < -0.4 is 10.6 Å². The van der Waals surface area contributed by atoms with Crippen molar-refractivity contribution in [2.45, 2.75) is 31.8 Å². The molecule has 1 aromatic carbocycles. The van der Waals surface area contributed by atoms with Gasteiger partial charge in [-0.2, -0.15) is 0 Å². The first-order valence-corrected chi connectivity index (χ1v) is 7.63. The van der Waals surface area contributed by atoms with Crippen LogP contribution in [0, 0.1) is 0 Å². The fourth-order valence-electron chi connectivity index (χ4n) is 2.61. The lowest BCUT2D eigenvalue weighted by Gasteiger charge is -2.25. The number of aryl methyl sites for hydroxylation is 1. The van der Waals surface area contributed by atoms with Gasteiger partial charge in [-0.05, 0) is 36.8 Å². The molecule has 0 fully saturated rings. The summed E-state index contributed by atoms with van der Waals surface area (Å²) >= 11 is 0. The van der Waals surface area contributed by atoms with Crippen LogP contribution in [0.1, 0.15) is 36.5 Å². The molecule has 5 nitrogen and oxygen atoms in total. The summed E-state index contributed by atoms with van der Waals surface area (Å²) in [5.41, 5.74) is 2.72. The number of nitrogens with one attached hydrogen (secondary N) is 2. The van der Waals surface area contributed by atoms with Crippen LogP contribution in [0.5, 0.6) is 0 Å². The number of ether oxygens (including phenoxy) is 1. The first kappa shape index (κ1) is 15.8. The maximum atomic E-state index is 11.3. The smallest absolute Gasteiger partial charge is 0.314 e. The molecule has 0 aromatic heterocycles. The van der Waals surface area contributed by atoms with Crippen LogP contribution in [-0.4, -0.2) is 37.4 Å². The highest BCUT2D eigenvalue weighted by Gasteiger charge is 2.19. The van der Waals surface area contributed by atoms with E-state index in [-0.39, 0.29) is 25.3 Å². The third-order valence-corrected chi connectivity index (χ3v) is 3.64. The Bertz CT molecular complexity index is 451. The van der Waals surface area contributed by atoms with Gasteiger partial charge in [-0.1, -0.05) is 24.3 Å². The van der Waals surface area contributed by atoms with E-state index in [9.17, 15) is 4.79 Å². The number of hydrogen-bond donors (Lipinski definition) is 3. The molecule has 0 heterocycles. The van der Waals surface area contributed by atoms with Crippen molar-refractivity contribution in [3.8, 4) is 0 Å². The van der Waals surface area contributed by atoms with Gasteiger partial charge in [0.1, 0.15) is 0 Å². The molecule has 116 valence electrons. The Kier molecular flexibility index (Phi) is 6.50. The Hall–Kier alpha value is -1.59. The highest BCUT2D eigenvalue weighted by Crippen LogP contribution is 2.32. The van der Waals surface area contributed by atoms with E-state index in [0.29, 0.717) is 13.2 Å². The minimum absolute atomic E-state index is 0.0440. The number of fused-ring (bicyclic) bond motifs is 1. The van der Waals surface area contributed by atoms with E-state index in [1.165, 1.54) is 17.5 Å². The third-order valence-electron chi connectivity index (χ3n) is 3.64. The molecule has 21 heavy (non-hydrogen) atoms. The highest BCUT2D eigenvalue weighted by atomic mass is 16.5. The Labute approximate surface area is 125 Å². The van der Waals surface area contributed by atoms with Gasteiger partial charge in [0, 0.05) is 19.7 Å². The van der Waals surface area contributed by atoms with Gasteiger partial charge >= 0.3 is 6.03 Å². The van der Waals surface area contributed by atoms with Gasteiger partial charge in [-0.15, -0.1) is 0 Å². The molecular weight excluding hydrogens is 268 g/mol. The zero-order chi connectivity index (χ0) is 14.9. The van der Waals surface area contributed by atoms with E-state index >= 15 is 0 Å². The van der Waals surface area contributed by atoms with Crippen molar-refractivity contribution in [1.82, 2.24) is 10.6 Å². The summed E-state index contributed by atoms with van der Waals surface area (Å²) in [7, 11) is 0. The summed E-state index contributed by atoms with van der Waals surface area (Å²) in [5, 5.41) is 13.9. The molecule has 0 saturated heterocycles. The van der Waals surface area contributed by atoms with Gasteiger partial charge in [0.25, 0.3) is 0 Å². The summed E-state index contributed by atoms with van der Waals surface area (Å²) in [6.45, 7) is 1.45. The molecule has 2 rings (SSSR count). The number of aliphatic hydroxyl groups excluding tert-OH is 1. The number of hydrogen-bond acceptors (Lipinski definition) is 3. The summed E-state index contributed by atoms with van der Waals surface area (Å²) in [5.74, 6) is 0. The van der Waals surface area contributed by atoms with Gasteiger partial charge in [0.2, 0.25) is 0 Å². The standard InChI is InChI=1S/C16H24N2O3/c19-11-10-18-16(20)17-9-4-12-21-15-8-3-6-13-5-1-2-7-14(13)15/h1-2,5,7,15,19H,3-4,6,8-12H2,(H2,17,18,20). The quantitative estimate of drug-likeness (QED) is 0.671. The van der Waals surface area contributed by atoms with Gasteiger partial charge in [0.05, 0.1) is 12.7 Å². The minimum atomic E-state index is -0.243. The highest BCUT2D eigenvalue weighted by molar-refractivity contribution is 5.73. The molecule has 1 aromatic rings. The first-order chi connectivity index (χ1) is 10.3. The molecule has 1 aliphatic carbocycles. The lowest BCUT2D eigenvalue weighted by Crippen LogP contribution is -2.37. The van der Waals surface area contributed by atoms with E-state index in [0.717, 1.165) is 19.3 Å². The molecule has 5 heteroatoms. The Morgan fingerprint density at radius 2 is 2.10 bits per heavy atom. The van der Waals surface area contributed by atoms with Crippen molar-refractivity contribution < 1.29 is 14.6 Å². The Morgan fingerprint density at radius 1 is 1.29 bits per heavy atom. The van der Waals surface area contributed by atoms with Crippen LogP contribution in [0.4, 0.5) is 4.79 Å². The Morgan fingerprint density at radius 3 is 2.95 bits per heavy atom. The first-order valence-electron chi connectivity index (χ1n) is 7.63. The summed E-state index contributed by atoms with van der Waals surface area (Å²) < 4.78 is 5.96. The van der Waals surface area contributed by atoms with Crippen LogP contribution in [0.3, 0.4) is 0 Å². The zero-order valence-corrected chi connectivity index (χ0v) is 12.3. The molecule has 2 amide bonds. The van der Waals surface area contributed by atoms with Crippen molar-refractivity contribution >= 4 is 6.03 Å². The Balaban J connectivity index is 1.65. The number of benzene rings is 1. The molecule has 3 N–H and O–H groups in total. The van der Waals surface area contributed by atoms with E-state index in [2.05, 4.69) is 34.9 Å². The number of carbonyl (C=O) groups excluding carboxylic acids is 1. The molecule has 0 bridgehead atoms. The maximum absolute atomic E-state index is 11.3. The summed E-state index contributed by atoms with van der Waals surface area (Å²) in [6.07, 6.45) is 4.36. The van der Waals surface area contributed by atoms with Crippen molar-refractivity contribution in [3.63, 3.8) is 0 Å². The second-order valence-electron chi connectivity index (χ2n) is 5.21. The van der Waals surface area contributed by atoms with Crippen molar-refractivity contribution in [2.75, 3.05) is 26.3 Å². The number of aliphatic hydroxyl groups is 1. The molecule has 0 spiro atoms. The van der Waals surface area contributed by atoms with Gasteiger partial charge < -0.3 is 20.5 Å². The van der Waals surface area contributed by atoms with E-state index in [4.69, 9.17) is 9.84 Å². The third kappa shape index (κ3) is 5.02. The second kappa shape index (κ2) is 8.64. The van der Waals surface area contributed by atoms with Crippen LogP contribution in [0.25, 0.3) is 0 Å². The van der Waals surface area contributed by atoms with Crippen molar-refractivity contribution in [1.29, 1.82) is 0 Å². The predicted octanol–water partition coefficient (Wildman–Crippen LogP) is 1.76. The van der Waals surface area contributed by atoms with Crippen LogP contribution in [0.15, 0.2) is 24.3 Å². The molecule has 0 radical (unpaired) electrons. The largest absolute Gasteiger partial charge is 0.395 e.